The molecule has 2 saturated heterocycles. The molecule has 1 aromatic carbocycles. The lowest BCUT2D eigenvalue weighted by Gasteiger charge is -2.27. The lowest BCUT2D eigenvalue weighted by atomic mass is 10.00. The number of likely N-dealkylation sites (tertiary alicyclic amines) is 1. The molecule has 3 fully saturated rings. The van der Waals surface area contributed by atoms with Gasteiger partial charge in [0, 0.05) is 44.5 Å². The smallest absolute Gasteiger partial charge is 0.149 e. The highest BCUT2D eigenvalue weighted by atomic mass is 19.1. The zero-order chi connectivity index (χ0) is 21.4. The molecule has 1 aliphatic carbocycles. The van der Waals surface area contributed by atoms with Crippen LogP contribution in [0.15, 0.2) is 24.3 Å². The maximum Gasteiger partial charge on any atom is 0.149 e. The van der Waals surface area contributed by atoms with E-state index in [-0.39, 0.29) is 5.56 Å². The van der Waals surface area contributed by atoms with Gasteiger partial charge in [0.1, 0.15) is 17.5 Å². The predicted octanol–water partition coefficient (Wildman–Crippen LogP) is 4.28. The number of benzene rings is 1. The van der Waals surface area contributed by atoms with Crippen molar-refractivity contribution < 1.29 is 13.5 Å². The maximum absolute atomic E-state index is 14.1. The van der Waals surface area contributed by atoms with E-state index >= 15 is 0 Å². The van der Waals surface area contributed by atoms with Gasteiger partial charge in [0.2, 0.25) is 0 Å². The Bertz CT molecular complexity index is 920. The minimum Gasteiger partial charge on any atom is -0.381 e. The van der Waals surface area contributed by atoms with Crippen molar-refractivity contribution in [3.8, 4) is 11.3 Å². The largest absolute Gasteiger partial charge is 0.381 e. The van der Waals surface area contributed by atoms with Gasteiger partial charge in [0.25, 0.3) is 0 Å². The summed E-state index contributed by atoms with van der Waals surface area (Å²) in [6, 6.07) is 5.69. The molecule has 2 aliphatic heterocycles. The minimum atomic E-state index is -0.492. The van der Waals surface area contributed by atoms with Gasteiger partial charge < -0.3 is 15.0 Å². The number of nitrogens with zero attached hydrogens (tertiary/aromatic N) is 3. The Morgan fingerprint density at radius 2 is 1.81 bits per heavy atom. The molecule has 3 aliphatic rings. The van der Waals surface area contributed by atoms with Gasteiger partial charge >= 0.3 is 0 Å². The Morgan fingerprint density at radius 1 is 1.06 bits per heavy atom. The molecule has 5 nitrogen and oxygen atoms in total. The first-order chi connectivity index (χ1) is 15.0. The normalized spacial score (nSPS) is 26.9. The van der Waals surface area contributed by atoms with Crippen molar-refractivity contribution in [1.29, 1.82) is 0 Å². The van der Waals surface area contributed by atoms with Crippen molar-refractivity contribution in [2.24, 2.45) is 17.8 Å². The molecule has 31 heavy (non-hydrogen) atoms. The summed E-state index contributed by atoms with van der Waals surface area (Å²) < 4.78 is 33.2. The molecular formula is C24H30F2N4O. The van der Waals surface area contributed by atoms with Crippen LogP contribution in [0.3, 0.4) is 0 Å². The number of aromatic nitrogens is 2. The van der Waals surface area contributed by atoms with E-state index in [1.165, 1.54) is 38.5 Å². The number of fused-ring (bicyclic) bond motifs is 1. The zero-order valence-corrected chi connectivity index (χ0v) is 18.0. The van der Waals surface area contributed by atoms with E-state index in [0.29, 0.717) is 17.6 Å². The van der Waals surface area contributed by atoms with Crippen LogP contribution in [0.5, 0.6) is 0 Å². The molecule has 1 saturated carbocycles. The number of halogens is 2. The maximum atomic E-state index is 14.1. The second-order valence-corrected chi connectivity index (χ2v) is 9.49. The van der Waals surface area contributed by atoms with Crippen LogP contribution in [0.2, 0.25) is 0 Å². The third-order valence-corrected chi connectivity index (χ3v) is 7.20. The second-order valence-electron chi connectivity index (χ2n) is 9.49. The number of aryl methyl sites for hydroxylation is 1. The van der Waals surface area contributed by atoms with Crippen molar-refractivity contribution in [2.45, 2.75) is 38.6 Å². The minimum absolute atomic E-state index is 0.150. The van der Waals surface area contributed by atoms with E-state index in [1.54, 1.807) is 0 Å². The molecule has 1 N–H and O–H groups in total. The Labute approximate surface area is 182 Å². The molecule has 0 spiro atoms. The second kappa shape index (κ2) is 8.79. The molecule has 3 heterocycles. The highest BCUT2D eigenvalue weighted by Crippen LogP contribution is 2.40. The van der Waals surface area contributed by atoms with Crippen LogP contribution >= 0.6 is 0 Å². The molecular weight excluding hydrogens is 398 g/mol. The van der Waals surface area contributed by atoms with Crippen LogP contribution in [0.4, 0.5) is 14.6 Å². The van der Waals surface area contributed by atoms with Crippen molar-refractivity contribution in [3.63, 3.8) is 0 Å². The molecule has 3 atom stereocenters. The summed E-state index contributed by atoms with van der Waals surface area (Å²) in [5, 5.41) is 12.0. The SMILES string of the molecule is Cc1cc(N[C@H]2C[C@@H]3CN(CC4CCOCC4)C[C@@H]3C2)nnc1-c1cc(F)ccc1F. The fourth-order valence-corrected chi connectivity index (χ4v) is 5.67. The summed E-state index contributed by atoms with van der Waals surface area (Å²) in [5.74, 6) is 2.01. The summed E-state index contributed by atoms with van der Waals surface area (Å²) in [5.41, 5.74) is 1.31. The van der Waals surface area contributed by atoms with E-state index < -0.39 is 11.6 Å². The molecule has 0 unspecified atom stereocenters. The quantitative estimate of drug-likeness (QED) is 0.770. The summed E-state index contributed by atoms with van der Waals surface area (Å²) in [6.07, 6.45) is 4.69. The van der Waals surface area contributed by atoms with Crippen molar-refractivity contribution in [3.05, 3.63) is 41.5 Å². The molecule has 166 valence electrons. The molecule has 0 bridgehead atoms. The average molecular weight is 429 g/mol. The van der Waals surface area contributed by atoms with Gasteiger partial charge in [-0.2, -0.15) is 0 Å². The number of anilines is 1. The standard InChI is InChI=1S/C24H30F2N4O/c1-15-8-23(28-29-24(15)21-11-19(25)2-3-22(21)26)27-20-9-17-13-30(14-18(17)10-20)12-16-4-6-31-7-5-16/h2-3,8,11,16-18,20H,4-7,9-10,12-14H2,1H3,(H,27,28)/t17-,18+,20+. The molecule has 0 amide bonds. The van der Waals surface area contributed by atoms with Crippen LogP contribution in [-0.2, 0) is 4.74 Å². The molecule has 5 rings (SSSR count). The van der Waals surface area contributed by atoms with Gasteiger partial charge in [-0.1, -0.05) is 0 Å². The van der Waals surface area contributed by atoms with Gasteiger partial charge in [0.05, 0.1) is 5.69 Å². The van der Waals surface area contributed by atoms with Crippen LogP contribution in [0.25, 0.3) is 11.3 Å². The summed E-state index contributed by atoms with van der Waals surface area (Å²) >= 11 is 0. The van der Waals surface area contributed by atoms with Crippen LogP contribution in [0.1, 0.15) is 31.2 Å². The fraction of sp³-hybridized carbons (Fsp3) is 0.583. The van der Waals surface area contributed by atoms with E-state index in [4.69, 9.17) is 4.74 Å². The number of rotatable bonds is 5. The van der Waals surface area contributed by atoms with E-state index in [9.17, 15) is 8.78 Å². The Balaban J connectivity index is 1.18. The first kappa shape index (κ1) is 20.8. The Hall–Kier alpha value is -2.12. The lowest BCUT2D eigenvalue weighted by Crippen LogP contribution is -2.32. The Morgan fingerprint density at radius 3 is 2.52 bits per heavy atom. The Kier molecular flexibility index (Phi) is 5.89. The van der Waals surface area contributed by atoms with Gasteiger partial charge in [-0.3, -0.25) is 0 Å². The average Bonchev–Trinajstić information content (AvgIpc) is 3.29. The number of hydrogen-bond donors (Lipinski definition) is 1. The zero-order valence-electron chi connectivity index (χ0n) is 18.0. The highest BCUT2D eigenvalue weighted by Gasteiger charge is 2.41. The van der Waals surface area contributed by atoms with E-state index in [1.807, 2.05) is 13.0 Å². The van der Waals surface area contributed by atoms with Gasteiger partial charge in [0.15, 0.2) is 0 Å². The van der Waals surface area contributed by atoms with E-state index in [2.05, 4.69) is 20.4 Å². The monoisotopic (exact) mass is 428 g/mol. The van der Waals surface area contributed by atoms with Crippen LogP contribution < -0.4 is 5.32 Å². The summed E-state index contributed by atoms with van der Waals surface area (Å²) in [4.78, 5) is 2.66. The lowest BCUT2D eigenvalue weighted by molar-refractivity contribution is 0.0545. The van der Waals surface area contributed by atoms with Crippen molar-refractivity contribution in [1.82, 2.24) is 15.1 Å². The predicted molar refractivity (Wildman–Crippen MR) is 116 cm³/mol. The van der Waals surface area contributed by atoms with Crippen LogP contribution in [-0.4, -0.2) is 54.0 Å². The van der Waals surface area contributed by atoms with Crippen LogP contribution in [0, 0.1) is 36.3 Å². The topological polar surface area (TPSA) is 50.3 Å². The van der Waals surface area contributed by atoms with Crippen molar-refractivity contribution in [2.75, 3.05) is 38.2 Å². The van der Waals surface area contributed by atoms with Gasteiger partial charge in [-0.15, -0.1) is 10.2 Å². The third kappa shape index (κ3) is 4.58. The molecule has 2 aromatic rings. The summed E-state index contributed by atoms with van der Waals surface area (Å²) in [7, 11) is 0. The van der Waals surface area contributed by atoms with Crippen molar-refractivity contribution >= 4 is 5.82 Å². The molecule has 1 aromatic heterocycles. The molecule has 0 radical (unpaired) electrons. The first-order valence-corrected chi connectivity index (χ1v) is 11.4. The first-order valence-electron chi connectivity index (χ1n) is 11.4. The van der Waals surface area contributed by atoms with Gasteiger partial charge in [-0.25, -0.2) is 8.78 Å². The molecule has 7 heteroatoms. The number of nitrogens with one attached hydrogen (secondary N) is 1. The highest BCUT2D eigenvalue weighted by molar-refractivity contribution is 5.64. The summed E-state index contributed by atoms with van der Waals surface area (Å²) in [6.45, 7) is 7.31. The third-order valence-electron chi connectivity index (χ3n) is 7.20. The number of hydrogen-bond acceptors (Lipinski definition) is 5. The van der Waals surface area contributed by atoms with Gasteiger partial charge in [-0.05, 0) is 80.2 Å². The number of ether oxygens (including phenoxy) is 1. The van der Waals surface area contributed by atoms with E-state index in [0.717, 1.165) is 61.5 Å². The fourth-order valence-electron chi connectivity index (χ4n) is 5.67.